The second-order valence-corrected chi connectivity index (χ2v) is 7.96. The van der Waals surface area contributed by atoms with Crippen LogP contribution in [0.5, 0.6) is 0 Å². The maximum Gasteiger partial charge on any atom is 0.338 e. The molecule has 2 fully saturated rings. The maximum atomic E-state index is 12.1. The third-order valence-electron chi connectivity index (χ3n) is 5.83. The van der Waals surface area contributed by atoms with Crippen LogP contribution in [0.15, 0.2) is 42.5 Å². The van der Waals surface area contributed by atoms with Crippen molar-refractivity contribution in [2.75, 3.05) is 13.2 Å². The number of benzene rings is 2. The van der Waals surface area contributed by atoms with E-state index in [2.05, 4.69) is 22.9 Å². The van der Waals surface area contributed by atoms with E-state index < -0.39 is 0 Å². The summed E-state index contributed by atoms with van der Waals surface area (Å²) >= 11 is 0. The SMILES string of the molecule is CCOC(=O)c1cccc(-c2ccc3c(c2)c(C2CC2)nn3C2CCCCO2)c1. The van der Waals surface area contributed by atoms with E-state index in [1.165, 1.54) is 30.3 Å². The van der Waals surface area contributed by atoms with Gasteiger partial charge in [0.15, 0.2) is 6.23 Å². The summed E-state index contributed by atoms with van der Waals surface area (Å²) in [5.74, 6) is 0.278. The van der Waals surface area contributed by atoms with E-state index in [-0.39, 0.29) is 12.2 Å². The van der Waals surface area contributed by atoms with Gasteiger partial charge in [0.05, 0.1) is 23.4 Å². The van der Waals surface area contributed by atoms with Crippen molar-refractivity contribution in [2.24, 2.45) is 0 Å². The first-order valence-electron chi connectivity index (χ1n) is 10.7. The van der Waals surface area contributed by atoms with Gasteiger partial charge >= 0.3 is 5.97 Å². The van der Waals surface area contributed by atoms with Gasteiger partial charge in [-0.05, 0) is 74.4 Å². The van der Waals surface area contributed by atoms with Gasteiger partial charge in [-0.15, -0.1) is 0 Å². The van der Waals surface area contributed by atoms with Gasteiger partial charge in [0.25, 0.3) is 0 Å². The summed E-state index contributed by atoms with van der Waals surface area (Å²) in [6, 6.07) is 14.1. The molecule has 3 aromatic rings. The smallest absolute Gasteiger partial charge is 0.338 e. The lowest BCUT2D eigenvalue weighted by molar-refractivity contribution is -0.0368. The number of esters is 1. The highest BCUT2D eigenvalue weighted by Gasteiger charge is 2.31. The molecule has 0 amide bonds. The fraction of sp³-hybridized carbons (Fsp3) is 0.417. The van der Waals surface area contributed by atoms with Crippen LogP contribution in [0.2, 0.25) is 0 Å². The lowest BCUT2D eigenvalue weighted by Crippen LogP contribution is -2.19. The molecule has 1 unspecified atom stereocenters. The molecular formula is C24H26N2O3. The van der Waals surface area contributed by atoms with Crippen LogP contribution in [0.1, 0.15) is 67.2 Å². The van der Waals surface area contributed by atoms with Gasteiger partial charge in [-0.2, -0.15) is 5.10 Å². The van der Waals surface area contributed by atoms with Gasteiger partial charge in [0, 0.05) is 17.9 Å². The molecule has 1 saturated carbocycles. The highest BCUT2D eigenvalue weighted by Crippen LogP contribution is 2.44. The number of aromatic nitrogens is 2. The van der Waals surface area contributed by atoms with E-state index in [4.69, 9.17) is 14.6 Å². The van der Waals surface area contributed by atoms with E-state index in [1.807, 2.05) is 25.1 Å². The van der Waals surface area contributed by atoms with Crippen molar-refractivity contribution in [3.63, 3.8) is 0 Å². The minimum atomic E-state index is -0.281. The summed E-state index contributed by atoms with van der Waals surface area (Å²) in [5.41, 5.74) is 5.02. The second-order valence-electron chi connectivity index (χ2n) is 7.96. The molecule has 1 aliphatic carbocycles. The highest BCUT2D eigenvalue weighted by atomic mass is 16.5. The Morgan fingerprint density at radius 3 is 2.76 bits per heavy atom. The van der Waals surface area contributed by atoms with Crippen LogP contribution >= 0.6 is 0 Å². The number of rotatable bonds is 5. The number of nitrogens with zero attached hydrogens (tertiary/aromatic N) is 2. The Morgan fingerprint density at radius 2 is 2.00 bits per heavy atom. The molecule has 5 heteroatoms. The summed E-state index contributed by atoms with van der Waals surface area (Å²) in [6.45, 7) is 3.01. The summed E-state index contributed by atoms with van der Waals surface area (Å²) < 4.78 is 13.3. The van der Waals surface area contributed by atoms with Crippen LogP contribution in [0, 0.1) is 0 Å². The zero-order chi connectivity index (χ0) is 19.8. The first kappa shape index (κ1) is 18.4. The molecule has 2 aromatic carbocycles. The zero-order valence-corrected chi connectivity index (χ0v) is 16.8. The van der Waals surface area contributed by atoms with Crippen molar-refractivity contribution in [2.45, 2.75) is 51.2 Å². The average molecular weight is 390 g/mol. The van der Waals surface area contributed by atoms with Gasteiger partial charge in [-0.1, -0.05) is 18.2 Å². The molecule has 0 radical (unpaired) electrons. The van der Waals surface area contributed by atoms with Crippen molar-refractivity contribution < 1.29 is 14.3 Å². The summed E-state index contributed by atoms with van der Waals surface area (Å²) in [7, 11) is 0. The molecule has 29 heavy (non-hydrogen) atoms. The third kappa shape index (κ3) is 3.55. The lowest BCUT2D eigenvalue weighted by atomic mass is 10.0. The van der Waals surface area contributed by atoms with Gasteiger partial charge in [0.2, 0.25) is 0 Å². The van der Waals surface area contributed by atoms with Crippen molar-refractivity contribution in [3.05, 3.63) is 53.7 Å². The summed E-state index contributed by atoms with van der Waals surface area (Å²) in [4.78, 5) is 12.1. The van der Waals surface area contributed by atoms with Crippen molar-refractivity contribution in [1.82, 2.24) is 9.78 Å². The van der Waals surface area contributed by atoms with Crippen LogP contribution < -0.4 is 0 Å². The molecular weight excluding hydrogens is 364 g/mol. The summed E-state index contributed by atoms with van der Waals surface area (Å²) in [5, 5.41) is 6.21. The number of ether oxygens (including phenoxy) is 2. The van der Waals surface area contributed by atoms with Gasteiger partial charge in [0.1, 0.15) is 0 Å². The Morgan fingerprint density at radius 1 is 1.14 bits per heavy atom. The number of fused-ring (bicyclic) bond motifs is 1. The molecule has 1 atom stereocenters. The Hall–Kier alpha value is -2.66. The third-order valence-corrected chi connectivity index (χ3v) is 5.83. The highest BCUT2D eigenvalue weighted by molar-refractivity contribution is 5.92. The minimum absolute atomic E-state index is 0.0387. The molecule has 1 aromatic heterocycles. The largest absolute Gasteiger partial charge is 0.462 e. The zero-order valence-electron chi connectivity index (χ0n) is 16.8. The monoisotopic (exact) mass is 390 g/mol. The quantitative estimate of drug-likeness (QED) is 0.543. The standard InChI is InChI=1S/C24H26N2O3/c1-2-28-24(27)19-7-5-6-17(14-19)18-11-12-21-20(15-18)23(16-9-10-16)25-26(21)22-8-3-4-13-29-22/h5-7,11-12,14-16,22H,2-4,8-10,13H2,1H3. The Bertz CT molecular complexity index is 1050. The first-order chi connectivity index (χ1) is 14.2. The molecule has 1 aliphatic heterocycles. The molecule has 1 saturated heterocycles. The van der Waals surface area contributed by atoms with E-state index in [9.17, 15) is 4.79 Å². The van der Waals surface area contributed by atoms with Gasteiger partial charge in [-0.25, -0.2) is 9.48 Å². The van der Waals surface area contributed by atoms with Crippen molar-refractivity contribution >= 4 is 16.9 Å². The van der Waals surface area contributed by atoms with Crippen molar-refractivity contribution in [1.29, 1.82) is 0 Å². The Balaban J connectivity index is 1.56. The molecule has 2 heterocycles. The molecule has 0 N–H and O–H groups in total. The Labute approximate surface area is 170 Å². The molecule has 5 nitrogen and oxygen atoms in total. The molecule has 0 bridgehead atoms. The van der Waals surface area contributed by atoms with Crippen LogP contribution in [0.25, 0.3) is 22.0 Å². The average Bonchev–Trinajstić information content (AvgIpc) is 3.54. The van der Waals surface area contributed by atoms with Crippen molar-refractivity contribution in [3.8, 4) is 11.1 Å². The number of hydrogen-bond donors (Lipinski definition) is 0. The van der Waals surface area contributed by atoms with Gasteiger partial charge < -0.3 is 9.47 Å². The van der Waals surface area contributed by atoms with Crippen LogP contribution in [-0.2, 0) is 9.47 Å². The number of hydrogen-bond acceptors (Lipinski definition) is 4. The van der Waals surface area contributed by atoms with Crippen LogP contribution in [-0.4, -0.2) is 29.0 Å². The molecule has 5 rings (SSSR count). The summed E-state index contributed by atoms with van der Waals surface area (Å²) in [6.07, 6.45) is 5.79. The fourth-order valence-electron chi connectivity index (χ4n) is 4.18. The second kappa shape index (κ2) is 7.64. The number of carbonyl (C=O) groups excluding carboxylic acids is 1. The first-order valence-corrected chi connectivity index (χ1v) is 10.7. The van der Waals surface area contributed by atoms with Crippen LogP contribution in [0.4, 0.5) is 0 Å². The van der Waals surface area contributed by atoms with E-state index in [1.54, 1.807) is 6.07 Å². The topological polar surface area (TPSA) is 53.3 Å². The van der Waals surface area contributed by atoms with E-state index in [0.29, 0.717) is 18.1 Å². The van der Waals surface area contributed by atoms with E-state index in [0.717, 1.165) is 36.1 Å². The molecule has 2 aliphatic rings. The molecule has 150 valence electrons. The normalized spacial score (nSPS) is 19.4. The van der Waals surface area contributed by atoms with Gasteiger partial charge in [-0.3, -0.25) is 0 Å². The maximum absolute atomic E-state index is 12.1. The lowest BCUT2D eigenvalue weighted by Gasteiger charge is -2.23. The Kier molecular flexibility index (Phi) is 4.84. The number of carbonyl (C=O) groups is 1. The fourth-order valence-corrected chi connectivity index (χ4v) is 4.18. The predicted molar refractivity (Wildman–Crippen MR) is 112 cm³/mol. The van der Waals surface area contributed by atoms with E-state index >= 15 is 0 Å². The minimum Gasteiger partial charge on any atom is -0.462 e. The van der Waals surface area contributed by atoms with Crippen LogP contribution in [0.3, 0.4) is 0 Å². The molecule has 0 spiro atoms. The predicted octanol–water partition coefficient (Wildman–Crippen LogP) is 5.46.